The van der Waals surface area contributed by atoms with Gasteiger partial charge in [0, 0.05) is 25.0 Å². The summed E-state index contributed by atoms with van der Waals surface area (Å²) in [6, 6.07) is 12.3. The van der Waals surface area contributed by atoms with Gasteiger partial charge >= 0.3 is 0 Å². The number of hydrogen-bond donors (Lipinski definition) is 3. The average molecular weight is 554 g/mol. The van der Waals surface area contributed by atoms with Crippen LogP contribution in [0.25, 0.3) is 0 Å². The fourth-order valence-corrected chi connectivity index (χ4v) is 5.33. The first-order chi connectivity index (χ1) is 19.0. The van der Waals surface area contributed by atoms with Crippen LogP contribution in [-0.4, -0.2) is 47.7 Å². The summed E-state index contributed by atoms with van der Waals surface area (Å²) in [5.41, 5.74) is 1.69. The van der Waals surface area contributed by atoms with E-state index in [9.17, 15) is 14.7 Å². The zero-order valence-electron chi connectivity index (χ0n) is 24.9. The summed E-state index contributed by atoms with van der Waals surface area (Å²) in [7, 11) is 0. The van der Waals surface area contributed by atoms with Crippen molar-refractivity contribution >= 4 is 17.5 Å². The Kier molecular flexibility index (Phi) is 11.7. The summed E-state index contributed by atoms with van der Waals surface area (Å²) in [6.07, 6.45) is 5.26. The summed E-state index contributed by atoms with van der Waals surface area (Å²) in [6.45, 7) is 11.4. The number of amides is 2. The van der Waals surface area contributed by atoms with E-state index in [0.29, 0.717) is 44.7 Å². The van der Waals surface area contributed by atoms with Crippen molar-refractivity contribution in [1.82, 2.24) is 10.6 Å². The van der Waals surface area contributed by atoms with Gasteiger partial charge in [0.15, 0.2) is 5.82 Å². The topological polar surface area (TPSA) is 81.7 Å². The lowest BCUT2D eigenvalue weighted by atomic mass is 9.93. The van der Waals surface area contributed by atoms with Crippen molar-refractivity contribution in [2.24, 2.45) is 5.92 Å². The number of anilines is 1. The van der Waals surface area contributed by atoms with Crippen LogP contribution in [0, 0.1) is 11.7 Å². The lowest BCUT2D eigenvalue weighted by Crippen LogP contribution is -2.52. The van der Waals surface area contributed by atoms with E-state index in [2.05, 4.69) is 38.3 Å². The Balaban J connectivity index is 1.82. The first-order valence-electron chi connectivity index (χ1n) is 14.9. The van der Waals surface area contributed by atoms with Gasteiger partial charge in [-0.2, -0.15) is 0 Å². The van der Waals surface area contributed by atoms with Gasteiger partial charge in [0.05, 0.1) is 23.4 Å². The number of nitrogens with one attached hydrogen (secondary N) is 2. The summed E-state index contributed by atoms with van der Waals surface area (Å²) < 4.78 is 15.8. The van der Waals surface area contributed by atoms with E-state index in [4.69, 9.17) is 0 Å². The van der Waals surface area contributed by atoms with Gasteiger partial charge in [-0.1, -0.05) is 70.4 Å². The van der Waals surface area contributed by atoms with Crippen LogP contribution in [-0.2, 0) is 17.6 Å². The molecule has 0 spiro atoms. The predicted octanol–water partition coefficient (Wildman–Crippen LogP) is 5.80. The number of aryl methyl sites for hydroxylation is 1. The van der Waals surface area contributed by atoms with Gasteiger partial charge < -0.3 is 20.6 Å². The van der Waals surface area contributed by atoms with Crippen LogP contribution in [0.1, 0.15) is 94.6 Å². The molecule has 1 aliphatic rings. The number of hydrogen-bond acceptors (Lipinski definition) is 4. The molecule has 0 aliphatic carbocycles. The Morgan fingerprint density at radius 3 is 2.50 bits per heavy atom. The van der Waals surface area contributed by atoms with E-state index >= 15 is 4.39 Å². The molecule has 2 aromatic carbocycles. The van der Waals surface area contributed by atoms with Gasteiger partial charge in [-0.3, -0.25) is 9.59 Å². The number of carbonyl (C=O) groups excluding carboxylic acids is 2. The van der Waals surface area contributed by atoms with E-state index in [-0.39, 0.29) is 22.7 Å². The van der Waals surface area contributed by atoms with Crippen LogP contribution in [0.3, 0.4) is 0 Å². The number of halogens is 1. The minimum absolute atomic E-state index is 0.0899. The average Bonchev–Trinajstić information content (AvgIpc) is 3.33. The second kappa shape index (κ2) is 14.7. The number of aliphatic hydroxyl groups is 1. The maximum absolute atomic E-state index is 15.8. The fourth-order valence-electron chi connectivity index (χ4n) is 5.33. The number of β-amino-alcohol motifs (C(OH)–C–C–N with tert-alkyl or cyclic N) is 1. The molecule has 6 nitrogen and oxygen atoms in total. The Morgan fingerprint density at radius 2 is 1.88 bits per heavy atom. The van der Waals surface area contributed by atoms with Crippen molar-refractivity contribution in [2.75, 3.05) is 18.0 Å². The predicted molar refractivity (Wildman–Crippen MR) is 160 cm³/mol. The Morgan fingerprint density at radius 1 is 1.15 bits per heavy atom. The molecule has 0 unspecified atom stereocenters. The van der Waals surface area contributed by atoms with Crippen LogP contribution >= 0.6 is 0 Å². The van der Waals surface area contributed by atoms with Gasteiger partial charge in [0.1, 0.15) is 0 Å². The summed E-state index contributed by atoms with van der Waals surface area (Å²) >= 11 is 0. The summed E-state index contributed by atoms with van der Waals surface area (Å²) in [4.78, 5) is 27.5. The standard InChI is InChI=1S/C33H48FN3O3/c1-6-12-25-19-26(31(34)28(21-25)37-18-11-16-30(37)39)32(40)36-27(20-24-14-8-7-9-15-24)29(38)22-35-33(4,5)17-10-13-23(2)3/h7-9,14-15,19,21,23,27,29,35,38H,6,10-13,16-18,20,22H2,1-5H3,(H,36,40)/t27-,29+/m0/s1. The number of benzene rings is 2. The summed E-state index contributed by atoms with van der Waals surface area (Å²) in [5.74, 6) is -0.755. The second-order valence-electron chi connectivity index (χ2n) is 12.3. The number of carbonyl (C=O) groups is 2. The smallest absolute Gasteiger partial charge is 0.254 e. The Labute approximate surface area is 239 Å². The molecular weight excluding hydrogens is 505 g/mol. The molecule has 1 fully saturated rings. The van der Waals surface area contributed by atoms with E-state index in [0.717, 1.165) is 36.8 Å². The van der Waals surface area contributed by atoms with Crippen LogP contribution in [0.15, 0.2) is 42.5 Å². The second-order valence-corrected chi connectivity index (χ2v) is 12.3. The molecule has 3 N–H and O–H groups in total. The first-order valence-corrected chi connectivity index (χ1v) is 14.9. The SMILES string of the molecule is CCCc1cc(C(=O)N[C@@H](Cc2ccccc2)[C@H](O)CNC(C)(C)CCCC(C)C)c(F)c(N2CCCC2=O)c1. The highest BCUT2D eigenvalue weighted by atomic mass is 19.1. The molecule has 0 bridgehead atoms. The highest BCUT2D eigenvalue weighted by Gasteiger charge is 2.30. The van der Waals surface area contributed by atoms with Gasteiger partial charge in [0.2, 0.25) is 5.91 Å². The molecule has 1 aliphatic heterocycles. The van der Waals surface area contributed by atoms with Gasteiger partial charge in [-0.25, -0.2) is 4.39 Å². The highest BCUT2D eigenvalue weighted by molar-refractivity contribution is 6.00. The number of nitrogens with zero attached hydrogens (tertiary/aromatic N) is 1. The molecule has 40 heavy (non-hydrogen) atoms. The first kappa shape index (κ1) is 31.8. The molecule has 2 atom stereocenters. The molecule has 7 heteroatoms. The quantitative estimate of drug-likeness (QED) is 0.260. The molecule has 2 amide bonds. The van der Waals surface area contributed by atoms with Crippen LogP contribution in [0.5, 0.6) is 0 Å². The summed E-state index contributed by atoms with van der Waals surface area (Å²) in [5, 5.41) is 17.7. The normalized spacial score (nSPS) is 15.5. The Bertz CT molecular complexity index is 1120. The molecule has 3 rings (SSSR count). The van der Waals surface area contributed by atoms with Gasteiger partial charge in [-0.05, 0) is 68.7 Å². The highest BCUT2D eigenvalue weighted by Crippen LogP contribution is 2.29. The van der Waals surface area contributed by atoms with Crippen LogP contribution in [0.2, 0.25) is 0 Å². The third kappa shape index (κ3) is 9.13. The van der Waals surface area contributed by atoms with Crippen molar-refractivity contribution in [3.63, 3.8) is 0 Å². The third-order valence-corrected chi connectivity index (χ3v) is 7.71. The minimum Gasteiger partial charge on any atom is -0.390 e. The zero-order valence-corrected chi connectivity index (χ0v) is 24.9. The van der Waals surface area contributed by atoms with E-state index < -0.39 is 23.9 Å². The maximum atomic E-state index is 15.8. The molecular formula is C33H48FN3O3. The molecule has 0 saturated carbocycles. The number of aliphatic hydroxyl groups excluding tert-OH is 1. The van der Waals surface area contributed by atoms with Crippen molar-refractivity contribution < 1.29 is 19.1 Å². The largest absolute Gasteiger partial charge is 0.390 e. The van der Waals surface area contributed by atoms with Gasteiger partial charge in [0.25, 0.3) is 5.91 Å². The minimum atomic E-state index is -0.893. The van der Waals surface area contributed by atoms with Crippen molar-refractivity contribution in [2.45, 2.75) is 104 Å². The molecule has 1 heterocycles. The van der Waals surface area contributed by atoms with Crippen molar-refractivity contribution in [3.8, 4) is 0 Å². The molecule has 2 aromatic rings. The van der Waals surface area contributed by atoms with E-state index in [1.807, 2.05) is 37.3 Å². The van der Waals surface area contributed by atoms with Crippen molar-refractivity contribution in [1.29, 1.82) is 0 Å². The maximum Gasteiger partial charge on any atom is 0.254 e. The zero-order chi connectivity index (χ0) is 29.3. The molecule has 220 valence electrons. The van der Waals surface area contributed by atoms with Crippen LogP contribution in [0.4, 0.5) is 10.1 Å². The lowest BCUT2D eigenvalue weighted by molar-refractivity contribution is -0.117. The van der Waals surface area contributed by atoms with E-state index in [1.165, 1.54) is 4.90 Å². The lowest BCUT2D eigenvalue weighted by Gasteiger charge is -2.31. The Hall–Kier alpha value is -2.77. The molecule has 0 aromatic heterocycles. The van der Waals surface area contributed by atoms with Crippen LogP contribution < -0.4 is 15.5 Å². The van der Waals surface area contributed by atoms with Crippen molar-refractivity contribution in [3.05, 3.63) is 65.0 Å². The fraction of sp³-hybridized carbons (Fsp3) is 0.576. The molecule has 0 radical (unpaired) electrons. The van der Waals surface area contributed by atoms with E-state index in [1.54, 1.807) is 12.1 Å². The third-order valence-electron chi connectivity index (χ3n) is 7.71. The molecule has 1 saturated heterocycles. The number of rotatable bonds is 15. The van der Waals surface area contributed by atoms with Gasteiger partial charge in [-0.15, -0.1) is 0 Å². The monoisotopic (exact) mass is 553 g/mol.